The second-order valence-corrected chi connectivity index (χ2v) is 7.43. The van der Waals surface area contributed by atoms with Gasteiger partial charge in [-0.15, -0.1) is 0 Å². The normalized spacial score (nSPS) is 14.9. The van der Waals surface area contributed by atoms with Crippen LogP contribution in [0.3, 0.4) is 0 Å². The highest BCUT2D eigenvalue weighted by atomic mass is 16.2. The van der Waals surface area contributed by atoms with Gasteiger partial charge in [0.1, 0.15) is 0 Å². The predicted molar refractivity (Wildman–Crippen MR) is 95.9 cm³/mol. The van der Waals surface area contributed by atoms with Gasteiger partial charge in [-0.05, 0) is 27.2 Å². The summed E-state index contributed by atoms with van der Waals surface area (Å²) < 4.78 is 1.98. The van der Waals surface area contributed by atoms with E-state index in [4.69, 9.17) is 5.10 Å². The Kier molecular flexibility index (Phi) is 4.35. The molecular weight excluding hydrogens is 300 g/mol. The standard InChI is InChI=1S/C19H26N4O/c1-19(2,3)20-18(24)23-12-10-15-16(11-13-23)21-22(4)17(15)14-8-6-5-7-9-14/h5-9H,10-13H2,1-4H3,(H,20,24). The molecule has 0 saturated carbocycles. The van der Waals surface area contributed by atoms with Gasteiger partial charge in [0.05, 0.1) is 11.4 Å². The van der Waals surface area contributed by atoms with E-state index in [0.717, 1.165) is 25.1 Å². The van der Waals surface area contributed by atoms with Gasteiger partial charge in [0.2, 0.25) is 0 Å². The Bertz CT molecular complexity index is 728. The number of fused-ring (bicyclic) bond motifs is 1. The Morgan fingerprint density at radius 3 is 2.46 bits per heavy atom. The van der Waals surface area contributed by atoms with E-state index in [0.29, 0.717) is 6.54 Å². The molecule has 2 heterocycles. The van der Waals surface area contributed by atoms with E-state index < -0.39 is 0 Å². The Morgan fingerprint density at radius 1 is 1.12 bits per heavy atom. The Balaban J connectivity index is 1.83. The van der Waals surface area contributed by atoms with Crippen LogP contribution in [-0.4, -0.2) is 39.3 Å². The lowest BCUT2D eigenvalue weighted by Crippen LogP contribution is -2.49. The Labute approximate surface area is 143 Å². The minimum absolute atomic E-state index is 0.0123. The van der Waals surface area contributed by atoms with Crippen molar-refractivity contribution in [2.75, 3.05) is 13.1 Å². The van der Waals surface area contributed by atoms with E-state index in [9.17, 15) is 4.79 Å². The van der Waals surface area contributed by atoms with Crippen LogP contribution >= 0.6 is 0 Å². The topological polar surface area (TPSA) is 50.2 Å². The molecule has 1 aliphatic heterocycles. The van der Waals surface area contributed by atoms with E-state index in [-0.39, 0.29) is 11.6 Å². The van der Waals surface area contributed by atoms with Gasteiger partial charge in [-0.3, -0.25) is 4.68 Å². The molecule has 1 aliphatic rings. The number of carbonyl (C=O) groups is 1. The molecule has 0 fully saturated rings. The molecule has 128 valence electrons. The second-order valence-electron chi connectivity index (χ2n) is 7.43. The third kappa shape index (κ3) is 3.45. The molecular formula is C19H26N4O. The quantitative estimate of drug-likeness (QED) is 0.876. The molecule has 5 nitrogen and oxygen atoms in total. The van der Waals surface area contributed by atoms with Crippen molar-refractivity contribution >= 4 is 6.03 Å². The van der Waals surface area contributed by atoms with Gasteiger partial charge in [-0.1, -0.05) is 30.3 Å². The number of urea groups is 1. The zero-order valence-corrected chi connectivity index (χ0v) is 15.0. The molecule has 0 saturated heterocycles. The Morgan fingerprint density at radius 2 is 1.79 bits per heavy atom. The van der Waals surface area contributed by atoms with Crippen LogP contribution in [0.15, 0.2) is 30.3 Å². The number of benzene rings is 1. The molecule has 0 radical (unpaired) electrons. The molecule has 24 heavy (non-hydrogen) atoms. The molecule has 1 aromatic heterocycles. The highest BCUT2D eigenvalue weighted by Gasteiger charge is 2.25. The Hall–Kier alpha value is -2.30. The lowest BCUT2D eigenvalue weighted by atomic mass is 10.0. The molecule has 0 bridgehead atoms. The van der Waals surface area contributed by atoms with Gasteiger partial charge in [0.25, 0.3) is 0 Å². The van der Waals surface area contributed by atoms with Crippen molar-refractivity contribution < 1.29 is 4.79 Å². The number of amides is 2. The van der Waals surface area contributed by atoms with Gasteiger partial charge in [0, 0.05) is 43.2 Å². The number of rotatable bonds is 1. The zero-order chi connectivity index (χ0) is 17.3. The molecule has 2 amide bonds. The molecule has 3 rings (SSSR count). The maximum absolute atomic E-state index is 12.5. The summed E-state index contributed by atoms with van der Waals surface area (Å²) in [5.41, 5.74) is 4.52. The highest BCUT2D eigenvalue weighted by molar-refractivity contribution is 5.75. The van der Waals surface area contributed by atoms with Crippen LogP contribution in [0, 0.1) is 0 Å². The van der Waals surface area contributed by atoms with E-state index in [2.05, 4.69) is 29.6 Å². The summed E-state index contributed by atoms with van der Waals surface area (Å²) in [4.78, 5) is 14.4. The lowest BCUT2D eigenvalue weighted by Gasteiger charge is -2.27. The van der Waals surface area contributed by atoms with Crippen LogP contribution < -0.4 is 5.32 Å². The zero-order valence-electron chi connectivity index (χ0n) is 15.0. The highest BCUT2D eigenvalue weighted by Crippen LogP contribution is 2.28. The average molecular weight is 326 g/mol. The van der Waals surface area contributed by atoms with Crippen LogP contribution in [-0.2, 0) is 19.9 Å². The summed E-state index contributed by atoms with van der Waals surface area (Å²) in [6.07, 6.45) is 1.64. The first-order valence-electron chi connectivity index (χ1n) is 8.52. The van der Waals surface area contributed by atoms with E-state index in [1.807, 2.05) is 43.5 Å². The summed E-state index contributed by atoms with van der Waals surface area (Å²) >= 11 is 0. The molecule has 0 atom stereocenters. The van der Waals surface area contributed by atoms with Crippen LogP contribution in [0.4, 0.5) is 4.79 Å². The summed E-state index contributed by atoms with van der Waals surface area (Å²) in [5, 5.41) is 7.77. The third-order valence-corrected chi connectivity index (χ3v) is 4.30. The maximum Gasteiger partial charge on any atom is 0.317 e. The van der Waals surface area contributed by atoms with Crippen molar-refractivity contribution in [3.63, 3.8) is 0 Å². The number of hydrogen-bond donors (Lipinski definition) is 1. The van der Waals surface area contributed by atoms with Gasteiger partial charge < -0.3 is 10.2 Å². The summed E-state index contributed by atoms with van der Waals surface area (Å²) in [6, 6.07) is 10.4. The van der Waals surface area contributed by atoms with E-state index in [1.165, 1.54) is 16.8 Å². The van der Waals surface area contributed by atoms with E-state index >= 15 is 0 Å². The van der Waals surface area contributed by atoms with Crippen molar-refractivity contribution in [2.45, 2.75) is 39.2 Å². The van der Waals surface area contributed by atoms with E-state index in [1.54, 1.807) is 0 Å². The number of hydrogen-bond acceptors (Lipinski definition) is 2. The number of nitrogens with zero attached hydrogens (tertiary/aromatic N) is 3. The van der Waals surface area contributed by atoms with Crippen molar-refractivity contribution in [1.29, 1.82) is 0 Å². The molecule has 0 unspecified atom stereocenters. The van der Waals surface area contributed by atoms with Gasteiger partial charge in [-0.25, -0.2) is 4.79 Å². The number of aromatic nitrogens is 2. The molecule has 0 aliphatic carbocycles. The predicted octanol–water partition coefficient (Wildman–Crippen LogP) is 3.00. The maximum atomic E-state index is 12.5. The first-order chi connectivity index (χ1) is 11.3. The summed E-state index contributed by atoms with van der Waals surface area (Å²) in [5.74, 6) is 0. The SMILES string of the molecule is Cn1nc2c(c1-c1ccccc1)CCN(C(=O)NC(C)(C)C)CC2. The first kappa shape index (κ1) is 16.6. The van der Waals surface area contributed by atoms with Crippen LogP contribution in [0.25, 0.3) is 11.3 Å². The van der Waals surface area contributed by atoms with Crippen LogP contribution in [0.1, 0.15) is 32.0 Å². The molecule has 2 aromatic rings. The van der Waals surface area contributed by atoms with Crippen molar-refractivity contribution in [3.8, 4) is 11.3 Å². The second kappa shape index (κ2) is 6.30. The van der Waals surface area contributed by atoms with Gasteiger partial charge in [0.15, 0.2) is 0 Å². The van der Waals surface area contributed by atoms with Crippen LogP contribution in [0.2, 0.25) is 0 Å². The fourth-order valence-corrected chi connectivity index (χ4v) is 3.25. The molecule has 1 N–H and O–H groups in total. The summed E-state index contributed by atoms with van der Waals surface area (Å²) in [6.45, 7) is 7.45. The third-order valence-electron chi connectivity index (χ3n) is 4.30. The van der Waals surface area contributed by atoms with Gasteiger partial charge >= 0.3 is 6.03 Å². The number of aryl methyl sites for hydroxylation is 1. The molecule has 1 aromatic carbocycles. The average Bonchev–Trinajstić information content (AvgIpc) is 2.68. The van der Waals surface area contributed by atoms with Crippen molar-refractivity contribution in [1.82, 2.24) is 20.0 Å². The number of nitrogens with one attached hydrogen (secondary N) is 1. The summed E-state index contributed by atoms with van der Waals surface area (Å²) in [7, 11) is 2.00. The molecule has 5 heteroatoms. The first-order valence-corrected chi connectivity index (χ1v) is 8.52. The van der Waals surface area contributed by atoms with Crippen molar-refractivity contribution in [2.24, 2.45) is 7.05 Å². The van der Waals surface area contributed by atoms with Gasteiger partial charge in [-0.2, -0.15) is 5.10 Å². The smallest absolute Gasteiger partial charge is 0.317 e. The van der Waals surface area contributed by atoms with Crippen LogP contribution in [0.5, 0.6) is 0 Å². The van der Waals surface area contributed by atoms with Crippen molar-refractivity contribution in [3.05, 3.63) is 41.6 Å². The minimum atomic E-state index is -0.217. The fourth-order valence-electron chi connectivity index (χ4n) is 3.25. The fraction of sp³-hybridized carbons (Fsp3) is 0.474. The largest absolute Gasteiger partial charge is 0.333 e. The minimum Gasteiger partial charge on any atom is -0.333 e. The lowest BCUT2D eigenvalue weighted by molar-refractivity contribution is 0.191. The molecule has 0 spiro atoms. The monoisotopic (exact) mass is 326 g/mol. The number of carbonyl (C=O) groups excluding carboxylic acids is 1.